The van der Waals surface area contributed by atoms with Crippen LogP contribution in [0.2, 0.25) is 0 Å². The third-order valence-corrected chi connectivity index (χ3v) is 3.22. The first kappa shape index (κ1) is 14.5. The first-order valence-electron chi connectivity index (χ1n) is 6.52. The van der Waals surface area contributed by atoms with E-state index in [0.29, 0.717) is 12.1 Å². The summed E-state index contributed by atoms with van der Waals surface area (Å²) < 4.78 is 0. The highest BCUT2D eigenvalue weighted by molar-refractivity contribution is 6.45. The van der Waals surface area contributed by atoms with E-state index in [2.05, 4.69) is 10.5 Å². The number of rotatable bonds is 4. The minimum Gasteiger partial charge on any atom is -0.382 e. The van der Waals surface area contributed by atoms with Crippen LogP contribution in [-0.2, 0) is 4.79 Å². The van der Waals surface area contributed by atoms with Gasteiger partial charge in [0.2, 0.25) is 11.6 Å². The zero-order chi connectivity index (χ0) is 15.4. The standard InChI is InChI=1S/C14H16N6O/c1-9-7-10(18-19-11(8-15)14(16)17)4-5-12(9)20-6-2-3-13(20)21/h4-5,7,18H,2-3,6H2,1H3,(H3,16,17)/b19-11+. The maximum Gasteiger partial charge on any atom is 0.227 e. The van der Waals surface area contributed by atoms with Crippen LogP contribution in [0, 0.1) is 23.7 Å². The van der Waals surface area contributed by atoms with Crippen molar-refractivity contribution in [1.82, 2.24) is 0 Å². The minimum atomic E-state index is -0.388. The third kappa shape index (κ3) is 3.17. The molecule has 2 rings (SSSR count). The van der Waals surface area contributed by atoms with Gasteiger partial charge in [-0.3, -0.25) is 15.6 Å². The van der Waals surface area contributed by atoms with Crippen molar-refractivity contribution >= 4 is 28.8 Å². The highest BCUT2D eigenvalue weighted by atomic mass is 16.2. The van der Waals surface area contributed by atoms with Gasteiger partial charge < -0.3 is 10.6 Å². The average molecular weight is 284 g/mol. The summed E-state index contributed by atoms with van der Waals surface area (Å²) in [5.74, 6) is -0.249. The molecule has 1 aromatic rings. The Kier molecular flexibility index (Phi) is 4.18. The fraction of sp³-hybridized carbons (Fsp3) is 0.286. The number of hydrogen-bond donors (Lipinski definition) is 3. The molecule has 1 heterocycles. The van der Waals surface area contributed by atoms with Gasteiger partial charge >= 0.3 is 0 Å². The maximum atomic E-state index is 11.8. The number of aryl methyl sites for hydroxylation is 1. The van der Waals surface area contributed by atoms with E-state index in [0.717, 1.165) is 24.2 Å². The van der Waals surface area contributed by atoms with Crippen LogP contribution in [0.15, 0.2) is 23.3 Å². The van der Waals surface area contributed by atoms with Gasteiger partial charge in [-0.1, -0.05) is 0 Å². The Hall–Kier alpha value is -2.88. The lowest BCUT2D eigenvalue weighted by Gasteiger charge is -2.18. The number of nitriles is 1. The molecule has 0 atom stereocenters. The zero-order valence-corrected chi connectivity index (χ0v) is 11.7. The number of hydrazone groups is 1. The van der Waals surface area contributed by atoms with Crippen molar-refractivity contribution < 1.29 is 4.79 Å². The van der Waals surface area contributed by atoms with Gasteiger partial charge in [-0.05, 0) is 37.1 Å². The molecule has 108 valence electrons. The molecule has 0 aliphatic carbocycles. The fourth-order valence-electron chi connectivity index (χ4n) is 2.20. The smallest absolute Gasteiger partial charge is 0.227 e. The van der Waals surface area contributed by atoms with Gasteiger partial charge in [-0.15, -0.1) is 0 Å². The van der Waals surface area contributed by atoms with Crippen LogP contribution in [0.1, 0.15) is 18.4 Å². The lowest BCUT2D eigenvalue weighted by atomic mass is 10.1. The van der Waals surface area contributed by atoms with Gasteiger partial charge in [0.1, 0.15) is 6.07 Å². The quantitative estimate of drug-likeness (QED) is 0.439. The molecule has 0 spiro atoms. The summed E-state index contributed by atoms with van der Waals surface area (Å²) in [4.78, 5) is 13.5. The second-order valence-electron chi connectivity index (χ2n) is 4.75. The topological polar surface area (TPSA) is 118 Å². The minimum absolute atomic E-state index is 0.139. The normalized spacial score (nSPS) is 15.0. The van der Waals surface area contributed by atoms with Crippen molar-refractivity contribution in [1.29, 1.82) is 10.7 Å². The Balaban J connectivity index is 2.18. The molecule has 0 unspecified atom stereocenters. The van der Waals surface area contributed by atoms with Gasteiger partial charge in [0.15, 0.2) is 5.84 Å². The van der Waals surface area contributed by atoms with Crippen LogP contribution < -0.4 is 16.1 Å². The third-order valence-electron chi connectivity index (χ3n) is 3.22. The van der Waals surface area contributed by atoms with Gasteiger partial charge in [-0.2, -0.15) is 10.4 Å². The number of hydrogen-bond acceptors (Lipinski definition) is 5. The van der Waals surface area contributed by atoms with E-state index in [9.17, 15) is 4.79 Å². The van der Waals surface area contributed by atoms with Gasteiger partial charge in [-0.25, -0.2) is 0 Å². The van der Waals surface area contributed by atoms with E-state index in [-0.39, 0.29) is 17.5 Å². The number of nitrogens with zero attached hydrogens (tertiary/aromatic N) is 3. The van der Waals surface area contributed by atoms with E-state index in [1.54, 1.807) is 17.0 Å². The molecule has 1 aromatic carbocycles. The number of amidine groups is 1. The molecule has 7 heteroatoms. The summed E-state index contributed by atoms with van der Waals surface area (Å²) in [5.41, 5.74) is 10.2. The molecule has 1 saturated heterocycles. The van der Waals surface area contributed by atoms with E-state index in [4.69, 9.17) is 16.4 Å². The highest BCUT2D eigenvalue weighted by Gasteiger charge is 2.22. The number of carbonyl (C=O) groups is 1. The SMILES string of the molecule is Cc1cc(N/N=C(\C#N)C(=N)N)ccc1N1CCCC1=O. The fourth-order valence-corrected chi connectivity index (χ4v) is 2.20. The molecule has 0 radical (unpaired) electrons. The number of benzene rings is 1. The average Bonchev–Trinajstić information content (AvgIpc) is 2.85. The lowest BCUT2D eigenvalue weighted by molar-refractivity contribution is -0.117. The van der Waals surface area contributed by atoms with Crippen molar-refractivity contribution in [2.24, 2.45) is 10.8 Å². The van der Waals surface area contributed by atoms with Crippen molar-refractivity contribution in [3.63, 3.8) is 0 Å². The Morgan fingerprint density at radius 3 is 2.86 bits per heavy atom. The monoisotopic (exact) mass is 284 g/mol. The van der Waals surface area contributed by atoms with Gasteiger partial charge in [0.05, 0.1) is 5.69 Å². The van der Waals surface area contributed by atoms with Crippen LogP contribution >= 0.6 is 0 Å². The second-order valence-corrected chi connectivity index (χ2v) is 4.75. The van der Waals surface area contributed by atoms with Crippen LogP contribution in [0.25, 0.3) is 0 Å². The van der Waals surface area contributed by atoms with Crippen LogP contribution in [-0.4, -0.2) is 24.0 Å². The summed E-state index contributed by atoms with van der Waals surface area (Å²) in [6.45, 7) is 2.65. The Morgan fingerprint density at radius 2 is 2.33 bits per heavy atom. The molecule has 0 aromatic heterocycles. The van der Waals surface area contributed by atoms with Crippen molar-refractivity contribution in [2.45, 2.75) is 19.8 Å². The van der Waals surface area contributed by atoms with Crippen LogP contribution in [0.5, 0.6) is 0 Å². The molecular formula is C14H16N6O. The number of anilines is 2. The predicted molar refractivity (Wildman–Crippen MR) is 81.4 cm³/mol. The van der Waals surface area contributed by atoms with Gasteiger partial charge in [0, 0.05) is 18.7 Å². The first-order valence-corrected chi connectivity index (χ1v) is 6.52. The molecular weight excluding hydrogens is 268 g/mol. The van der Waals surface area contributed by atoms with Crippen LogP contribution in [0.3, 0.4) is 0 Å². The molecule has 0 bridgehead atoms. The van der Waals surface area contributed by atoms with Crippen molar-refractivity contribution in [3.05, 3.63) is 23.8 Å². The molecule has 4 N–H and O–H groups in total. The second kappa shape index (κ2) is 6.05. The molecule has 7 nitrogen and oxygen atoms in total. The highest BCUT2D eigenvalue weighted by Crippen LogP contribution is 2.27. The number of nitrogens with one attached hydrogen (secondary N) is 2. The predicted octanol–water partition coefficient (Wildman–Crippen LogP) is 1.35. The molecule has 1 fully saturated rings. The Bertz CT molecular complexity index is 658. The van der Waals surface area contributed by atoms with E-state index >= 15 is 0 Å². The van der Waals surface area contributed by atoms with E-state index in [1.165, 1.54) is 0 Å². The lowest BCUT2D eigenvalue weighted by Crippen LogP contribution is -2.24. The molecule has 1 aliphatic heterocycles. The van der Waals surface area contributed by atoms with E-state index in [1.807, 2.05) is 19.1 Å². The Morgan fingerprint density at radius 1 is 1.57 bits per heavy atom. The largest absolute Gasteiger partial charge is 0.382 e. The molecule has 0 saturated carbocycles. The molecule has 21 heavy (non-hydrogen) atoms. The van der Waals surface area contributed by atoms with Crippen LogP contribution in [0.4, 0.5) is 11.4 Å². The molecule has 1 amide bonds. The Labute approximate surface area is 122 Å². The summed E-state index contributed by atoms with van der Waals surface area (Å²) in [7, 11) is 0. The maximum absolute atomic E-state index is 11.8. The summed E-state index contributed by atoms with van der Waals surface area (Å²) in [6.07, 6.45) is 1.47. The van der Waals surface area contributed by atoms with E-state index < -0.39 is 0 Å². The summed E-state index contributed by atoms with van der Waals surface area (Å²) in [6, 6.07) is 7.18. The first-order chi connectivity index (χ1) is 10.0. The van der Waals surface area contributed by atoms with Crippen molar-refractivity contribution in [2.75, 3.05) is 16.9 Å². The number of nitrogens with two attached hydrogens (primary N) is 1. The number of carbonyl (C=O) groups excluding carboxylic acids is 1. The summed E-state index contributed by atoms with van der Waals surface area (Å²) in [5, 5.41) is 19.7. The molecule has 1 aliphatic rings. The summed E-state index contributed by atoms with van der Waals surface area (Å²) >= 11 is 0. The number of amides is 1. The zero-order valence-electron chi connectivity index (χ0n) is 11.7. The van der Waals surface area contributed by atoms with Gasteiger partial charge in [0.25, 0.3) is 0 Å². The van der Waals surface area contributed by atoms with Crippen molar-refractivity contribution in [3.8, 4) is 6.07 Å².